The molecule has 12 nitrogen and oxygen atoms in total. The van der Waals surface area contributed by atoms with Crippen molar-refractivity contribution in [1.29, 1.82) is 0 Å². The molecule has 0 aliphatic rings. The smallest absolute Gasteiger partial charge is 0.167 e. The van der Waals surface area contributed by atoms with Gasteiger partial charge in [-0.2, -0.15) is 0 Å². The molecule has 8 aromatic rings. The lowest BCUT2D eigenvalue weighted by molar-refractivity contribution is -0.00114. The summed E-state index contributed by atoms with van der Waals surface area (Å²) >= 11 is 0. The number of nitrogens with zero attached hydrogens (tertiary/aromatic N) is 6. The molecule has 2 unspecified atom stereocenters. The number of aromatic nitrogens is 6. The highest BCUT2D eigenvalue weighted by atomic mass is 16.5. The molecule has 6 aromatic carbocycles. The second-order valence-corrected chi connectivity index (χ2v) is 19.6. The Morgan fingerprint density at radius 2 is 0.987 bits per heavy atom. The molecule has 0 bridgehead atoms. The Morgan fingerprint density at radius 1 is 0.467 bits per heavy atom. The first-order valence-electron chi connectivity index (χ1n) is 26.4. The van der Waals surface area contributed by atoms with Crippen molar-refractivity contribution in [3.63, 3.8) is 0 Å². The van der Waals surface area contributed by atoms with Gasteiger partial charge in [-0.1, -0.05) is 148 Å². The second-order valence-electron chi connectivity index (χ2n) is 19.6. The standard InChI is InChI=1S/C63H70N6O6/c1-7-9-10-16-33-74-50-27-31-54(56(71)36-50)62-65-58(47-19-12-11-13-20-47)64-59(66-62)48-25-23-46(24-26-48)18-15-14-17-45(8-2)38-73-39-49(70)40-75-51-28-32-55(57(72)37-51)63-68-60(52-29-21-41(3)34-43(52)5)67-61(69-63)53-30-22-42(4)35-44(53)6/h11-13,19-32,34-37,45,49,70-72H,7-10,14-18,33,38-40H2,1-6H3. The lowest BCUT2D eigenvalue weighted by Crippen LogP contribution is -2.25. The SMILES string of the molecule is CCCCCCOc1ccc(-c2nc(-c3ccccc3)nc(-c3ccc(CCCCC(CC)COCC(O)COc4ccc(-c5nc(-c6ccc(C)cc6C)nc(-c6ccc(C)cc6C)n5)c(O)c4)cc3)n2)c(O)c1. The summed E-state index contributed by atoms with van der Waals surface area (Å²) in [6, 6.07) is 40.8. The van der Waals surface area contributed by atoms with E-state index in [1.807, 2.05) is 80.6 Å². The number of hydrogen-bond acceptors (Lipinski definition) is 12. The van der Waals surface area contributed by atoms with Crippen molar-refractivity contribution in [3.8, 4) is 91.3 Å². The minimum Gasteiger partial charge on any atom is -0.507 e. The van der Waals surface area contributed by atoms with E-state index in [1.54, 1.807) is 18.2 Å². The number of hydrogen-bond donors (Lipinski definition) is 3. The van der Waals surface area contributed by atoms with E-state index in [0.29, 0.717) is 76.7 Å². The second kappa shape index (κ2) is 26.1. The van der Waals surface area contributed by atoms with E-state index < -0.39 is 6.10 Å². The molecule has 0 fully saturated rings. The molecule has 0 aliphatic heterocycles. The number of aliphatic hydroxyl groups is 1. The molecule has 0 saturated carbocycles. The lowest BCUT2D eigenvalue weighted by atomic mass is 9.98. The van der Waals surface area contributed by atoms with Crippen LogP contribution in [0.1, 0.15) is 93.0 Å². The summed E-state index contributed by atoms with van der Waals surface area (Å²) in [5.74, 6) is 4.23. The monoisotopic (exact) mass is 1010 g/mol. The van der Waals surface area contributed by atoms with E-state index in [0.717, 1.165) is 89.5 Å². The Hall–Kier alpha value is -7.54. The van der Waals surface area contributed by atoms with E-state index in [4.69, 9.17) is 44.1 Å². The zero-order valence-corrected chi connectivity index (χ0v) is 44.2. The van der Waals surface area contributed by atoms with Crippen molar-refractivity contribution in [2.45, 2.75) is 105 Å². The molecule has 12 heteroatoms. The normalized spacial score (nSPS) is 12.1. The number of rotatable bonds is 25. The third-order valence-electron chi connectivity index (χ3n) is 13.5. The predicted octanol–water partition coefficient (Wildman–Crippen LogP) is 13.9. The van der Waals surface area contributed by atoms with Crippen LogP contribution < -0.4 is 9.47 Å². The first-order chi connectivity index (χ1) is 36.4. The van der Waals surface area contributed by atoms with Gasteiger partial charge in [-0.25, -0.2) is 29.9 Å². The average molecular weight is 1010 g/mol. The molecule has 0 aliphatic carbocycles. The van der Waals surface area contributed by atoms with E-state index in [9.17, 15) is 15.3 Å². The number of benzene rings is 6. The molecule has 8 rings (SSSR count). The molecule has 0 saturated heterocycles. The molecule has 2 heterocycles. The molecule has 3 N–H and O–H groups in total. The highest BCUT2D eigenvalue weighted by molar-refractivity contribution is 5.73. The Labute approximate surface area is 442 Å². The quantitative estimate of drug-likeness (QED) is 0.0465. The number of aryl methyl sites for hydroxylation is 5. The Morgan fingerprint density at radius 3 is 1.53 bits per heavy atom. The lowest BCUT2D eigenvalue weighted by Gasteiger charge is -2.18. The van der Waals surface area contributed by atoms with Crippen LogP contribution in [-0.4, -0.2) is 77.8 Å². The van der Waals surface area contributed by atoms with Crippen LogP contribution in [0.5, 0.6) is 23.0 Å². The molecule has 75 heavy (non-hydrogen) atoms. The molecule has 0 radical (unpaired) electrons. The van der Waals surface area contributed by atoms with Gasteiger partial charge in [0.1, 0.15) is 35.7 Å². The summed E-state index contributed by atoms with van der Waals surface area (Å²) in [6.45, 7) is 13.8. The van der Waals surface area contributed by atoms with Crippen LogP contribution in [0.25, 0.3) is 68.3 Å². The van der Waals surface area contributed by atoms with Crippen molar-refractivity contribution in [2.24, 2.45) is 5.92 Å². The zero-order chi connectivity index (χ0) is 52.7. The average Bonchev–Trinajstić information content (AvgIpc) is 3.41. The topological polar surface area (TPSA) is 166 Å². The number of aromatic hydroxyl groups is 2. The fourth-order valence-electron chi connectivity index (χ4n) is 9.11. The maximum Gasteiger partial charge on any atom is 0.167 e. The van der Waals surface area contributed by atoms with Gasteiger partial charge in [0.05, 0.1) is 24.3 Å². The number of unbranched alkanes of at least 4 members (excludes halogenated alkanes) is 4. The van der Waals surface area contributed by atoms with Crippen LogP contribution in [0, 0.1) is 33.6 Å². The predicted molar refractivity (Wildman–Crippen MR) is 298 cm³/mol. The first kappa shape index (κ1) is 53.7. The third-order valence-corrected chi connectivity index (χ3v) is 13.5. The van der Waals surface area contributed by atoms with Gasteiger partial charge < -0.3 is 29.5 Å². The van der Waals surface area contributed by atoms with Gasteiger partial charge in [-0.05, 0) is 100 Å². The number of aliphatic hydroxyl groups excluding tert-OH is 1. The first-order valence-corrected chi connectivity index (χ1v) is 26.4. The molecule has 2 aromatic heterocycles. The van der Waals surface area contributed by atoms with E-state index in [2.05, 4.69) is 64.1 Å². The third kappa shape index (κ3) is 14.6. The van der Waals surface area contributed by atoms with Crippen LogP contribution in [0.3, 0.4) is 0 Å². The van der Waals surface area contributed by atoms with Gasteiger partial charge in [0.25, 0.3) is 0 Å². The van der Waals surface area contributed by atoms with E-state index >= 15 is 0 Å². The van der Waals surface area contributed by atoms with Gasteiger partial charge in [0.2, 0.25) is 0 Å². The van der Waals surface area contributed by atoms with Crippen molar-refractivity contribution in [2.75, 3.05) is 26.4 Å². The molecule has 0 spiro atoms. The number of phenolic OH excluding ortho intramolecular Hbond substituents is 2. The molecular weight excluding hydrogens is 937 g/mol. The summed E-state index contributed by atoms with van der Waals surface area (Å²) in [5.41, 5.74) is 10.1. The van der Waals surface area contributed by atoms with Crippen molar-refractivity contribution in [1.82, 2.24) is 29.9 Å². The Bertz CT molecular complexity index is 3080. The van der Waals surface area contributed by atoms with Crippen LogP contribution in [-0.2, 0) is 11.2 Å². The maximum absolute atomic E-state index is 11.3. The zero-order valence-electron chi connectivity index (χ0n) is 44.2. The van der Waals surface area contributed by atoms with Crippen molar-refractivity contribution < 1.29 is 29.5 Å². The fraction of sp³-hybridized carbons (Fsp3) is 0.333. The minimum absolute atomic E-state index is 0.00301. The number of phenols is 2. The number of ether oxygens (including phenoxy) is 3. The van der Waals surface area contributed by atoms with Gasteiger partial charge in [-0.3, -0.25) is 0 Å². The molecule has 0 amide bonds. The minimum atomic E-state index is -0.853. The fourth-order valence-corrected chi connectivity index (χ4v) is 9.11. The summed E-state index contributed by atoms with van der Waals surface area (Å²) in [5, 5.41) is 33.2. The maximum atomic E-state index is 11.3. The molecular formula is C63H70N6O6. The summed E-state index contributed by atoms with van der Waals surface area (Å²) < 4.78 is 17.8. The van der Waals surface area contributed by atoms with Crippen molar-refractivity contribution in [3.05, 3.63) is 155 Å². The largest absolute Gasteiger partial charge is 0.507 e. The summed E-state index contributed by atoms with van der Waals surface area (Å²) in [7, 11) is 0. The highest BCUT2D eigenvalue weighted by Gasteiger charge is 2.20. The Balaban J connectivity index is 0.814. The molecule has 388 valence electrons. The van der Waals surface area contributed by atoms with Crippen LogP contribution >= 0.6 is 0 Å². The summed E-state index contributed by atoms with van der Waals surface area (Å²) in [4.78, 5) is 29.1. The van der Waals surface area contributed by atoms with E-state index in [1.165, 1.54) is 24.5 Å². The van der Waals surface area contributed by atoms with Gasteiger partial charge in [-0.15, -0.1) is 0 Å². The van der Waals surface area contributed by atoms with Gasteiger partial charge in [0.15, 0.2) is 34.9 Å². The van der Waals surface area contributed by atoms with Gasteiger partial charge >= 0.3 is 0 Å². The van der Waals surface area contributed by atoms with Crippen LogP contribution in [0.4, 0.5) is 0 Å². The van der Waals surface area contributed by atoms with E-state index in [-0.39, 0.29) is 24.7 Å². The Kier molecular flexibility index (Phi) is 18.7. The van der Waals surface area contributed by atoms with Crippen LogP contribution in [0.2, 0.25) is 0 Å². The highest BCUT2D eigenvalue weighted by Crippen LogP contribution is 2.36. The van der Waals surface area contributed by atoms with Crippen molar-refractivity contribution >= 4 is 0 Å². The van der Waals surface area contributed by atoms with Crippen LogP contribution in [0.15, 0.2) is 127 Å². The van der Waals surface area contributed by atoms with Gasteiger partial charge in [0, 0.05) is 41.0 Å². The summed E-state index contributed by atoms with van der Waals surface area (Å²) in [6.07, 6.45) is 8.57. The molecule has 2 atom stereocenters.